The van der Waals surface area contributed by atoms with E-state index in [1.807, 2.05) is 56.3 Å². The minimum Gasteiger partial charge on any atom is -0.340 e. The molecule has 0 unspecified atom stereocenters. The average molecular weight is 553 g/mol. The molecule has 1 aliphatic rings. The van der Waals surface area contributed by atoms with E-state index in [1.165, 1.54) is 0 Å². The van der Waals surface area contributed by atoms with E-state index in [4.69, 9.17) is 0 Å². The summed E-state index contributed by atoms with van der Waals surface area (Å²) in [6.45, 7) is 4.21. The fourth-order valence-corrected chi connectivity index (χ4v) is 4.83. The Hall–Kier alpha value is -4.48. The third-order valence-electron chi connectivity index (χ3n) is 6.54. The lowest BCUT2D eigenvalue weighted by molar-refractivity contribution is -0.122. The van der Waals surface area contributed by atoms with E-state index in [9.17, 15) is 19.6 Å². The molecule has 1 N–H and O–H groups in total. The average Bonchev–Trinajstić information content (AvgIpc) is 3.14. The maximum atomic E-state index is 13.5. The first-order valence-corrected chi connectivity index (χ1v) is 12.3. The first-order valence-electron chi connectivity index (χ1n) is 11.5. The number of aromatic nitrogens is 1. The lowest BCUT2D eigenvalue weighted by atomic mass is 10.0. The molecule has 1 aromatic heterocycles. The van der Waals surface area contributed by atoms with Crippen molar-refractivity contribution in [1.29, 1.82) is 5.26 Å². The van der Waals surface area contributed by atoms with Gasteiger partial charge in [-0.25, -0.2) is 9.69 Å². The van der Waals surface area contributed by atoms with Gasteiger partial charge in [0, 0.05) is 33.2 Å². The second-order valence-corrected chi connectivity index (χ2v) is 9.62. The van der Waals surface area contributed by atoms with E-state index in [2.05, 4.69) is 31.9 Å². The van der Waals surface area contributed by atoms with Gasteiger partial charge in [-0.05, 0) is 61.4 Å². The van der Waals surface area contributed by atoms with Crippen LogP contribution in [0, 0.1) is 25.2 Å². The number of carbonyl (C=O) groups excluding carboxylic acids is 3. The van der Waals surface area contributed by atoms with Crippen LogP contribution in [-0.4, -0.2) is 22.4 Å². The van der Waals surface area contributed by atoms with Crippen molar-refractivity contribution in [1.82, 2.24) is 9.88 Å². The number of carbonyl (C=O) groups is 3. The Kier molecular flexibility index (Phi) is 6.24. The molecular weight excluding hydrogens is 532 g/mol. The minimum atomic E-state index is -0.791. The summed E-state index contributed by atoms with van der Waals surface area (Å²) in [5.41, 5.74) is 4.95. The number of para-hydroxylation sites is 1. The van der Waals surface area contributed by atoms with Crippen molar-refractivity contribution in [3.05, 3.63) is 105 Å². The first-order chi connectivity index (χ1) is 17.8. The fraction of sp³-hybridized carbons (Fsp3) is 0.103. The van der Waals surface area contributed by atoms with Crippen molar-refractivity contribution in [3.8, 4) is 6.07 Å². The number of rotatable bonds is 4. The van der Waals surface area contributed by atoms with Crippen LogP contribution in [0.25, 0.3) is 17.0 Å². The number of anilines is 1. The van der Waals surface area contributed by atoms with E-state index in [1.54, 1.807) is 30.3 Å². The quantitative estimate of drug-likeness (QED) is 0.263. The number of urea groups is 1. The number of benzene rings is 3. The van der Waals surface area contributed by atoms with Crippen LogP contribution in [0.1, 0.15) is 27.9 Å². The fourth-order valence-electron chi connectivity index (χ4n) is 4.59. The van der Waals surface area contributed by atoms with Crippen LogP contribution in [0.3, 0.4) is 0 Å². The third kappa shape index (κ3) is 4.24. The standard InChI is InChI=1S/C29H21BrN4O3/c1-17-13-21(11-12-25(17)30)34-28(36)24(27(35)32-29(34)37)14-23-18(2)33(26-10-6-5-9-22(23)26)16-20-8-4-3-7-19(20)15-31/h3-14H,16H2,1-2H3,(H,32,35,37). The molecule has 2 heterocycles. The van der Waals surface area contributed by atoms with E-state index < -0.39 is 17.8 Å². The largest absolute Gasteiger partial charge is 0.340 e. The van der Waals surface area contributed by atoms with Gasteiger partial charge in [0.1, 0.15) is 5.57 Å². The summed E-state index contributed by atoms with van der Waals surface area (Å²) in [4.78, 5) is 40.0. The van der Waals surface area contributed by atoms with Crippen molar-refractivity contribution in [2.75, 3.05) is 4.90 Å². The SMILES string of the molecule is Cc1cc(N2C(=O)NC(=O)C(=Cc3c(C)n(Cc4ccccc4C#N)c4ccccc34)C2=O)ccc1Br. The van der Waals surface area contributed by atoms with Crippen molar-refractivity contribution in [2.24, 2.45) is 0 Å². The van der Waals surface area contributed by atoms with Crippen LogP contribution in [0.5, 0.6) is 0 Å². The first kappa shape index (κ1) is 24.2. The zero-order chi connectivity index (χ0) is 26.3. The molecule has 0 atom stereocenters. The number of barbiturate groups is 1. The number of imide groups is 2. The molecule has 7 nitrogen and oxygen atoms in total. The number of hydrogen-bond donors (Lipinski definition) is 1. The Bertz CT molecular complexity index is 1690. The molecule has 37 heavy (non-hydrogen) atoms. The molecule has 0 bridgehead atoms. The number of amides is 4. The maximum absolute atomic E-state index is 13.5. The van der Waals surface area contributed by atoms with Crippen molar-refractivity contribution in [3.63, 3.8) is 0 Å². The molecule has 5 rings (SSSR count). The highest BCUT2D eigenvalue weighted by molar-refractivity contribution is 9.10. The monoisotopic (exact) mass is 552 g/mol. The van der Waals surface area contributed by atoms with E-state index in [0.29, 0.717) is 23.4 Å². The van der Waals surface area contributed by atoms with Crippen LogP contribution < -0.4 is 10.2 Å². The van der Waals surface area contributed by atoms with Crippen LogP contribution in [0.4, 0.5) is 10.5 Å². The van der Waals surface area contributed by atoms with E-state index >= 15 is 0 Å². The van der Waals surface area contributed by atoms with Crippen molar-refractivity contribution in [2.45, 2.75) is 20.4 Å². The number of nitrogens with zero attached hydrogens (tertiary/aromatic N) is 3. The van der Waals surface area contributed by atoms with E-state index in [0.717, 1.165) is 37.1 Å². The van der Waals surface area contributed by atoms with Gasteiger partial charge in [0.05, 0.1) is 17.3 Å². The molecule has 4 amide bonds. The van der Waals surface area contributed by atoms with Crippen LogP contribution in [0.15, 0.2) is 76.8 Å². The summed E-state index contributed by atoms with van der Waals surface area (Å²) in [6.07, 6.45) is 1.55. The van der Waals surface area contributed by atoms with Gasteiger partial charge in [-0.2, -0.15) is 5.26 Å². The molecule has 3 aromatic carbocycles. The molecule has 1 fully saturated rings. The highest BCUT2D eigenvalue weighted by atomic mass is 79.9. The van der Waals surface area contributed by atoms with Gasteiger partial charge in [0.25, 0.3) is 11.8 Å². The van der Waals surface area contributed by atoms with Crippen molar-refractivity contribution < 1.29 is 14.4 Å². The predicted octanol–water partition coefficient (Wildman–Crippen LogP) is 5.61. The molecule has 1 aliphatic heterocycles. The minimum absolute atomic E-state index is 0.136. The molecule has 0 radical (unpaired) electrons. The molecule has 8 heteroatoms. The summed E-state index contributed by atoms with van der Waals surface area (Å²) in [5.74, 6) is -1.44. The highest BCUT2D eigenvalue weighted by Gasteiger charge is 2.37. The smallest absolute Gasteiger partial charge is 0.335 e. The summed E-state index contributed by atoms with van der Waals surface area (Å²) >= 11 is 3.43. The second kappa shape index (κ2) is 9.52. The molecule has 0 saturated carbocycles. The van der Waals surface area contributed by atoms with Gasteiger partial charge in [-0.3, -0.25) is 14.9 Å². The lowest BCUT2D eigenvalue weighted by Gasteiger charge is -2.26. The van der Waals surface area contributed by atoms with Crippen LogP contribution in [-0.2, 0) is 16.1 Å². The Morgan fingerprint density at radius 2 is 1.73 bits per heavy atom. The number of nitriles is 1. The maximum Gasteiger partial charge on any atom is 0.335 e. The predicted molar refractivity (Wildman–Crippen MR) is 145 cm³/mol. The third-order valence-corrected chi connectivity index (χ3v) is 7.43. The topological polar surface area (TPSA) is 95.2 Å². The zero-order valence-corrected chi connectivity index (χ0v) is 21.7. The molecule has 0 spiro atoms. The number of hydrogen-bond acceptors (Lipinski definition) is 4. The van der Waals surface area contributed by atoms with E-state index in [-0.39, 0.29) is 5.57 Å². The van der Waals surface area contributed by atoms with Gasteiger partial charge >= 0.3 is 6.03 Å². The Morgan fingerprint density at radius 1 is 1.00 bits per heavy atom. The molecule has 182 valence electrons. The van der Waals surface area contributed by atoms with Crippen LogP contribution >= 0.6 is 15.9 Å². The zero-order valence-electron chi connectivity index (χ0n) is 20.1. The summed E-state index contributed by atoms with van der Waals surface area (Å²) in [7, 11) is 0. The Morgan fingerprint density at radius 3 is 2.49 bits per heavy atom. The van der Waals surface area contributed by atoms with Gasteiger partial charge in [0.15, 0.2) is 0 Å². The van der Waals surface area contributed by atoms with Gasteiger partial charge in [0.2, 0.25) is 0 Å². The lowest BCUT2D eigenvalue weighted by Crippen LogP contribution is -2.54. The number of halogens is 1. The Balaban J connectivity index is 1.63. The number of nitrogens with one attached hydrogen (secondary N) is 1. The van der Waals surface area contributed by atoms with Gasteiger partial charge in [-0.1, -0.05) is 52.3 Å². The molecule has 4 aromatic rings. The summed E-state index contributed by atoms with van der Waals surface area (Å²) in [5, 5.41) is 12.7. The highest BCUT2D eigenvalue weighted by Crippen LogP contribution is 2.31. The second-order valence-electron chi connectivity index (χ2n) is 8.76. The normalized spacial score (nSPS) is 14.8. The van der Waals surface area contributed by atoms with Gasteiger partial charge in [-0.15, -0.1) is 0 Å². The Labute approximate surface area is 221 Å². The van der Waals surface area contributed by atoms with Crippen molar-refractivity contribution >= 4 is 56.4 Å². The number of fused-ring (bicyclic) bond motifs is 1. The number of aryl methyl sites for hydroxylation is 1. The molecule has 0 aliphatic carbocycles. The van der Waals surface area contributed by atoms with Gasteiger partial charge < -0.3 is 4.57 Å². The molecular formula is C29H21BrN4O3. The van der Waals surface area contributed by atoms with Crippen LogP contribution in [0.2, 0.25) is 0 Å². The summed E-state index contributed by atoms with van der Waals surface area (Å²) in [6, 6.07) is 21.6. The summed E-state index contributed by atoms with van der Waals surface area (Å²) < 4.78 is 2.90. The molecule has 1 saturated heterocycles.